The summed E-state index contributed by atoms with van der Waals surface area (Å²) >= 11 is 0. The molecule has 3 aromatic rings. The van der Waals surface area contributed by atoms with Crippen molar-refractivity contribution in [2.75, 3.05) is 13.1 Å². The van der Waals surface area contributed by atoms with Crippen LogP contribution in [0.2, 0.25) is 0 Å². The number of hydrogen-bond donors (Lipinski definition) is 2. The van der Waals surface area contributed by atoms with Crippen LogP contribution in [-0.4, -0.2) is 56.5 Å². The number of fused-ring (bicyclic) bond motifs is 1. The normalized spacial score (nSPS) is 16.9. The maximum Gasteiger partial charge on any atom is 0.254 e. The van der Waals surface area contributed by atoms with Gasteiger partial charge in [0, 0.05) is 55.0 Å². The Kier molecular flexibility index (Phi) is 5.00. The van der Waals surface area contributed by atoms with Gasteiger partial charge in [0.25, 0.3) is 5.91 Å². The molecule has 7 heteroatoms. The minimum atomic E-state index is -0.186. The molecule has 0 spiro atoms. The fourth-order valence-corrected chi connectivity index (χ4v) is 3.90. The SMILES string of the molecule is C[C@H](C(=O)c1c[nH]c2ccccc12)N1CCC(NC(=O)c2cnn(C)c2)CC1. The second-order valence-electron chi connectivity index (χ2n) is 7.47. The molecule has 1 aliphatic heterocycles. The highest BCUT2D eigenvalue weighted by atomic mass is 16.1. The molecule has 2 N–H and O–H groups in total. The van der Waals surface area contributed by atoms with Crippen LogP contribution >= 0.6 is 0 Å². The van der Waals surface area contributed by atoms with Crippen LogP contribution in [0.5, 0.6) is 0 Å². The van der Waals surface area contributed by atoms with Crippen LogP contribution in [0.1, 0.15) is 40.5 Å². The molecule has 0 bridgehead atoms. The van der Waals surface area contributed by atoms with Crippen LogP contribution < -0.4 is 5.32 Å². The molecule has 4 rings (SSSR count). The van der Waals surface area contributed by atoms with E-state index >= 15 is 0 Å². The quantitative estimate of drug-likeness (QED) is 0.667. The van der Waals surface area contributed by atoms with Gasteiger partial charge in [-0.25, -0.2) is 0 Å². The van der Waals surface area contributed by atoms with Crippen LogP contribution in [0.3, 0.4) is 0 Å². The Hall–Kier alpha value is -2.93. The summed E-state index contributed by atoms with van der Waals surface area (Å²) in [5.74, 6) is 0.0461. The summed E-state index contributed by atoms with van der Waals surface area (Å²) < 4.78 is 1.62. The molecule has 1 aliphatic rings. The standard InChI is InChI=1S/C21H25N5O2/c1-14(20(27)18-12-22-19-6-4-3-5-17(18)19)26-9-7-16(8-10-26)24-21(28)15-11-23-25(2)13-15/h3-6,11-14,16,22H,7-10H2,1-2H3,(H,24,28)/t14-/m1/s1. The van der Waals surface area contributed by atoms with Gasteiger partial charge in [-0.3, -0.25) is 19.2 Å². The van der Waals surface area contributed by atoms with Crippen LogP contribution in [0.25, 0.3) is 10.9 Å². The number of amides is 1. The zero-order valence-corrected chi connectivity index (χ0v) is 16.2. The van der Waals surface area contributed by atoms with E-state index in [1.807, 2.05) is 37.4 Å². The summed E-state index contributed by atoms with van der Waals surface area (Å²) in [5, 5.41) is 8.09. The number of carbonyl (C=O) groups excluding carboxylic acids is 2. The second kappa shape index (κ2) is 7.59. The van der Waals surface area contributed by atoms with Gasteiger partial charge >= 0.3 is 0 Å². The van der Waals surface area contributed by atoms with E-state index in [-0.39, 0.29) is 23.8 Å². The van der Waals surface area contributed by atoms with Crippen molar-refractivity contribution in [1.82, 2.24) is 25.0 Å². The number of aromatic amines is 1. The molecular weight excluding hydrogens is 354 g/mol. The van der Waals surface area contributed by atoms with E-state index in [9.17, 15) is 9.59 Å². The molecule has 0 unspecified atom stereocenters. The molecule has 1 fully saturated rings. The average molecular weight is 379 g/mol. The van der Waals surface area contributed by atoms with E-state index in [1.54, 1.807) is 24.1 Å². The maximum absolute atomic E-state index is 13.0. The summed E-state index contributed by atoms with van der Waals surface area (Å²) in [7, 11) is 1.79. The monoisotopic (exact) mass is 379 g/mol. The number of piperidine rings is 1. The number of likely N-dealkylation sites (tertiary alicyclic amines) is 1. The number of nitrogens with zero attached hydrogens (tertiary/aromatic N) is 3. The third-order valence-electron chi connectivity index (χ3n) is 5.61. The number of hydrogen-bond acceptors (Lipinski definition) is 4. The number of rotatable bonds is 5. The van der Waals surface area contributed by atoms with Gasteiger partial charge in [-0.1, -0.05) is 18.2 Å². The molecule has 1 aromatic carbocycles. The van der Waals surface area contributed by atoms with Crippen molar-refractivity contribution in [2.45, 2.75) is 31.8 Å². The summed E-state index contributed by atoms with van der Waals surface area (Å²) in [5.41, 5.74) is 2.30. The number of aromatic nitrogens is 3. The topological polar surface area (TPSA) is 83.0 Å². The molecule has 0 aliphatic carbocycles. The van der Waals surface area contributed by atoms with E-state index in [1.165, 1.54) is 0 Å². The fourth-order valence-electron chi connectivity index (χ4n) is 3.90. The second-order valence-corrected chi connectivity index (χ2v) is 7.47. The van der Waals surface area contributed by atoms with Crippen LogP contribution in [-0.2, 0) is 7.05 Å². The molecule has 1 amide bonds. The predicted octanol–water partition coefficient (Wildman–Crippen LogP) is 2.37. The minimum Gasteiger partial charge on any atom is -0.360 e. The van der Waals surface area contributed by atoms with Gasteiger partial charge in [-0.15, -0.1) is 0 Å². The Morgan fingerprint density at radius 1 is 1.25 bits per heavy atom. The smallest absolute Gasteiger partial charge is 0.254 e. The van der Waals surface area contributed by atoms with Crippen LogP contribution in [0.15, 0.2) is 42.9 Å². The third kappa shape index (κ3) is 3.57. The number of Topliss-reactive ketones (excluding diaryl/α,β-unsaturated/α-hetero) is 1. The molecule has 3 heterocycles. The van der Waals surface area contributed by atoms with Crippen molar-refractivity contribution in [3.05, 3.63) is 54.0 Å². The van der Waals surface area contributed by atoms with E-state index in [0.29, 0.717) is 5.56 Å². The Morgan fingerprint density at radius 3 is 2.71 bits per heavy atom. The maximum atomic E-state index is 13.0. The molecule has 0 radical (unpaired) electrons. The molecule has 1 atom stereocenters. The molecule has 7 nitrogen and oxygen atoms in total. The summed E-state index contributed by atoms with van der Waals surface area (Å²) in [6.45, 7) is 3.54. The van der Waals surface area contributed by atoms with Gasteiger partial charge in [0.2, 0.25) is 0 Å². The van der Waals surface area contributed by atoms with Gasteiger partial charge in [0.05, 0.1) is 17.8 Å². The lowest BCUT2D eigenvalue weighted by Crippen LogP contribution is -2.49. The summed E-state index contributed by atoms with van der Waals surface area (Å²) in [4.78, 5) is 30.7. The number of para-hydroxylation sites is 1. The zero-order chi connectivity index (χ0) is 19.7. The fraction of sp³-hybridized carbons (Fsp3) is 0.381. The number of H-pyrrole nitrogens is 1. The lowest BCUT2D eigenvalue weighted by atomic mass is 9.99. The van der Waals surface area contributed by atoms with E-state index in [4.69, 9.17) is 0 Å². The van der Waals surface area contributed by atoms with Crippen LogP contribution in [0, 0.1) is 0 Å². The average Bonchev–Trinajstić information content (AvgIpc) is 3.34. The van der Waals surface area contributed by atoms with Crippen molar-refractivity contribution < 1.29 is 9.59 Å². The first-order chi connectivity index (χ1) is 13.5. The molecule has 0 saturated carbocycles. The largest absolute Gasteiger partial charge is 0.360 e. The molecular formula is C21H25N5O2. The first-order valence-corrected chi connectivity index (χ1v) is 9.67. The van der Waals surface area contributed by atoms with Gasteiger partial charge < -0.3 is 10.3 Å². The minimum absolute atomic E-state index is 0.0885. The highest BCUT2D eigenvalue weighted by Crippen LogP contribution is 2.22. The lowest BCUT2D eigenvalue weighted by Gasteiger charge is -2.35. The first-order valence-electron chi connectivity index (χ1n) is 9.67. The van der Waals surface area contributed by atoms with Crippen LogP contribution in [0.4, 0.5) is 0 Å². The number of carbonyl (C=O) groups is 2. The van der Waals surface area contributed by atoms with Crippen molar-refractivity contribution in [3.63, 3.8) is 0 Å². The van der Waals surface area contributed by atoms with Crippen molar-refractivity contribution in [3.8, 4) is 0 Å². The van der Waals surface area contributed by atoms with Crippen molar-refractivity contribution in [1.29, 1.82) is 0 Å². The van der Waals surface area contributed by atoms with Gasteiger partial charge in [-0.2, -0.15) is 5.10 Å². The highest BCUT2D eigenvalue weighted by Gasteiger charge is 2.29. The molecule has 28 heavy (non-hydrogen) atoms. The number of aryl methyl sites for hydroxylation is 1. The number of benzene rings is 1. The van der Waals surface area contributed by atoms with E-state index in [2.05, 4.69) is 20.3 Å². The summed E-state index contributed by atoms with van der Waals surface area (Å²) in [6.07, 6.45) is 6.76. The summed E-state index contributed by atoms with van der Waals surface area (Å²) in [6, 6.07) is 7.81. The Bertz CT molecular complexity index is 997. The number of ketones is 1. The lowest BCUT2D eigenvalue weighted by molar-refractivity contribution is 0.0763. The van der Waals surface area contributed by atoms with Gasteiger partial charge in [0.1, 0.15) is 0 Å². The Balaban J connectivity index is 1.35. The molecule has 146 valence electrons. The van der Waals surface area contributed by atoms with Crippen molar-refractivity contribution >= 4 is 22.6 Å². The van der Waals surface area contributed by atoms with E-state index < -0.39 is 0 Å². The van der Waals surface area contributed by atoms with Gasteiger partial charge in [0.15, 0.2) is 5.78 Å². The molecule has 1 saturated heterocycles. The first kappa shape index (κ1) is 18.4. The zero-order valence-electron chi connectivity index (χ0n) is 16.2. The highest BCUT2D eigenvalue weighted by molar-refractivity contribution is 6.10. The predicted molar refractivity (Wildman–Crippen MR) is 107 cm³/mol. The third-order valence-corrected chi connectivity index (χ3v) is 5.61. The van der Waals surface area contributed by atoms with E-state index in [0.717, 1.165) is 42.4 Å². The molecule has 2 aromatic heterocycles. The Morgan fingerprint density at radius 2 is 2.00 bits per heavy atom. The van der Waals surface area contributed by atoms with Gasteiger partial charge in [-0.05, 0) is 25.8 Å². The number of nitrogens with one attached hydrogen (secondary N) is 2. The van der Waals surface area contributed by atoms with Crippen molar-refractivity contribution in [2.24, 2.45) is 7.05 Å². The Labute approximate surface area is 163 Å².